The highest BCUT2D eigenvalue weighted by Crippen LogP contribution is 2.30. The Hall–Kier alpha value is -2.11. The number of nitrogens with zero attached hydrogens (tertiary/aromatic N) is 1. The van der Waals surface area contributed by atoms with Gasteiger partial charge in [0.15, 0.2) is 11.9 Å². The summed E-state index contributed by atoms with van der Waals surface area (Å²) < 4.78 is 5.57. The van der Waals surface area contributed by atoms with Crippen molar-refractivity contribution < 1.29 is 14.5 Å². The molecule has 2 rings (SSSR count). The van der Waals surface area contributed by atoms with Crippen molar-refractivity contribution in [2.75, 3.05) is 0 Å². The van der Waals surface area contributed by atoms with E-state index in [1.165, 1.54) is 12.5 Å². The van der Waals surface area contributed by atoms with Crippen LogP contribution in [0.4, 0.5) is 5.69 Å². The standard InChI is InChI=1S/C18H26N2O4/c1-11-8-9-17(16(10-11)20(22)23)24-14(4)18(21)19-15-7-5-6-12(2)13(15)3/h8-10,12-15H,5-7H2,1-4H3,(H,19,21)/t12-,13-,14-,15+/m0/s1. The zero-order valence-corrected chi connectivity index (χ0v) is 14.7. The highest BCUT2D eigenvalue weighted by Gasteiger charge is 2.30. The summed E-state index contributed by atoms with van der Waals surface area (Å²) in [6.45, 7) is 7.76. The Labute approximate surface area is 142 Å². The molecule has 1 N–H and O–H groups in total. The van der Waals surface area contributed by atoms with Gasteiger partial charge in [-0.15, -0.1) is 0 Å². The first-order chi connectivity index (χ1) is 11.3. The fourth-order valence-corrected chi connectivity index (χ4v) is 3.20. The topological polar surface area (TPSA) is 81.5 Å². The van der Waals surface area contributed by atoms with Crippen LogP contribution in [0.2, 0.25) is 0 Å². The Balaban J connectivity index is 2.03. The molecular formula is C18H26N2O4. The Kier molecular flexibility index (Phi) is 5.80. The first-order valence-corrected chi connectivity index (χ1v) is 8.51. The lowest BCUT2D eigenvalue weighted by Gasteiger charge is -2.35. The molecule has 1 fully saturated rings. The Bertz CT molecular complexity index is 617. The van der Waals surface area contributed by atoms with Crippen molar-refractivity contribution in [3.8, 4) is 5.75 Å². The lowest BCUT2D eigenvalue weighted by Crippen LogP contribution is -2.48. The number of amides is 1. The summed E-state index contributed by atoms with van der Waals surface area (Å²) in [5, 5.41) is 14.2. The van der Waals surface area contributed by atoms with Gasteiger partial charge in [-0.1, -0.05) is 32.8 Å². The summed E-state index contributed by atoms with van der Waals surface area (Å²) in [6.07, 6.45) is 2.48. The smallest absolute Gasteiger partial charge is 0.311 e. The molecule has 0 bridgehead atoms. The second-order valence-electron chi connectivity index (χ2n) is 6.87. The van der Waals surface area contributed by atoms with E-state index in [1.54, 1.807) is 26.0 Å². The zero-order valence-electron chi connectivity index (χ0n) is 14.7. The normalized spacial score (nSPS) is 24.9. The van der Waals surface area contributed by atoms with E-state index in [2.05, 4.69) is 19.2 Å². The molecule has 6 heteroatoms. The minimum atomic E-state index is -0.782. The fourth-order valence-electron chi connectivity index (χ4n) is 3.20. The molecule has 0 saturated heterocycles. The van der Waals surface area contributed by atoms with Gasteiger partial charge in [-0.05, 0) is 43.7 Å². The van der Waals surface area contributed by atoms with Gasteiger partial charge in [-0.25, -0.2) is 0 Å². The second-order valence-corrected chi connectivity index (χ2v) is 6.87. The number of rotatable bonds is 5. The van der Waals surface area contributed by atoms with E-state index in [-0.39, 0.29) is 23.4 Å². The van der Waals surface area contributed by atoms with E-state index >= 15 is 0 Å². The molecule has 0 spiro atoms. The number of hydrogen-bond donors (Lipinski definition) is 1. The molecule has 1 aliphatic rings. The van der Waals surface area contributed by atoms with Crippen molar-refractivity contribution in [3.63, 3.8) is 0 Å². The van der Waals surface area contributed by atoms with Crippen LogP contribution < -0.4 is 10.1 Å². The maximum Gasteiger partial charge on any atom is 0.311 e. The van der Waals surface area contributed by atoms with E-state index in [9.17, 15) is 14.9 Å². The fraction of sp³-hybridized carbons (Fsp3) is 0.611. The number of aryl methyl sites for hydroxylation is 1. The molecule has 6 nitrogen and oxygen atoms in total. The molecule has 1 saturated carbocycles. The lowest BCUT2D eigenvalue weighted by molar-refractivity contribution is -0.386. The average molecular weight is 334 g/mol. The Morgan fingerprint density at radius 2 is 2.08 bits per heavy atom. The minimum Gasteiger partial charge on any atom is -0.474 e. The summed E-state index contributed by atoms with van der Waals surface area (Å²) >= 11 is 0. The highest BCUT2D eigenvalue weighted by molar-refractivity contribution is 5.81. The quantitative estimate of drug-likeness (QED) is 0.659. The largest absolute Gasteiger partial charge is 0.474 e. The van der Waals surface area contributed by atoms with Crippen molar-refractivity contribution in [3.05, 3.63) is 33.9 Å². The summed E-state index contributed by atoms with van der Waals surface area (Å²) in [5.41, 5.74) is 0.658. The highest BCUT2D eigenvalue weighted by atomic mass is 16.6. The first kappa shape index (κ1) is 18.2. The molecule has 0 heterocycles. The van der Waals surface area contributed by atoms with Gasteiger partial charge >= 0.3 is 5.69 Å². The van der Waals surface area contributed by atoms with Crippen molar-refractivity contribution in [1.82, 2.24) is 5.32 Å². The molecule has 24 heavy (non-hydrogen) atoms. The third kappa shape index (κ3) is 4.24. The monoisotopic (exact) mass is 334 g/mol. The maximum absolute atomic E-state index is 12.4. The van der Waals surface area contributed by atoms with Gasteiger partial charge in [0.25, 0.3) is 5.91 Å². The molecule has 1 amide bonds. The van der Waals surface area contributed by atoms with E-state index in [1.807, 2.05) is 0 Å². The average Bonchev–Trinajstić information content (AvgIpc) is 2.53. The third-order valence-electron chi connectivity index (χ3n) is 5.02. The van der Waals surface area contributed by atoms with Crippen molar-refractivity contribution in [1.29, 1.82) is 0 Å². The van der Waals surface area contributed by atoms with Gasteiger partial charge in [-0.3, -0.25) is 14.9 Å². The van der Waals surface area contributed by atoms with Crippen LogP contribution in [0.5, 0.6) is 5.75 Å². The van der Waals surface area contributed by atoms with E-state index in [0.29, 0.717) is 11.8 Å². The number of ether oxygens (including phenoxy) is 1. The van der Waals surface area contributed by atoms with Crippen LogP contribution in [0, 0.1) is 28.9 Å². The van der Waals surface area contributed by atoms with Crippen molar-refractivity contribution >= 4 is 11.6 Å². The third-order valence-corrected chi connectivity index (χ3v) is 5.02. The van der Waals surface area contributed by atoms with Crippen molar-refractivity contribution in [2.45, 2.75) is 59.1 Å². The molecular weight excluding hydrogens is 308 g/mol. The molecule has 132 valence electrons. The summed E-state index contributed by atoms with van der Waals surface area (Å²) in [7, 11) is 0. The predicted octanol–water partition coefficient (Wildman–Crippen LogP) is 3.61. The van der Waals surface area contributed by atoms with Gasteiger partial charge in [0, 0.05) is 12.1 Å². The van der Waals surface area contributed by atoms with E-state index < -0.39 is 11.0 Å². The van der Waals surface area contributed by atoms with Crippen LogP contribution in [0.1, 0.15) is 45.6 Å². The summed E-state index contributed by atoms with van der Waals surface area (Å²) in [6, 6.07) is 4.87. The first-order valence-electron chi connectivity index (χ1n) is 8.51. The number of nitro groups is 1. The number of nitro benzene ring substituents is 1. The van der Waals surface area contributed by atoms with Crippen molar-refractivity contribution in [2.24, 2.45) is 11.8 Å². The number of benzene rings is 1. The number of hydrogen-bond acceptors (Lipinski definition) is 4. The van der Waals surface area contributed by atoms with Gasteiger partial charge in [0.05, 0.1) is 4.92 Å². The van der Waals surface area contributed by atoms with E-state index in [0.717, 1.165) is 18.4 Å². The van der Waals surface area contributed by atoms with Crippen LogP contribution >= 0.6 is 0 Å². The van der Waals surface area contributed by atoms with Crippen LogP contribution in [-0.2, 0) is 4.79 Å². The molecule has 0 unspecified atom stereocenters. The number of carbonyl (C=O) groups excluding carboxylic acids is 1. The molecule has 1 aromatic carbocycles. The van der Waals surface area contributed by atoms with E-state index in [4.69, 9.17) is 4.74 Å². The van der Waals surface area contributed by atoms with Crippen LogP contribution in [-0.4, -0.2) is 23.0 Å². The molecule has 0 aliphatic heterocycles. The Morgan fingerprint density at radius 3 is 2.75 bits per heavy atom. The molecule has 1 aliphatic carbocycles. The maximum atomic E-state index is 12.4. The summed E-state index contributed by atoms with van der Waals surface area (Å²) in [5.74, 6) is 0.899. The lowest BCUT2D eigenvalue weighted by atomic mass is 9.78. The number of nitrogens with one attached hydrogen (secondary N) is 1. The molecule has 0 radical (unpaired) electrons. The minimum absolute atomic E-state index is 0.116. The predicted molar refractivity (Wildman–Crippen MR) is 92.0 cm³/mol. The molecule has 0 aromatic heterocycles. The Morgan fingerprint density at radius 1 is 1.38 bits per heavy atom. The van der Waals surface area contributed by atoms with Crippen LogP contribution in [0.15, 0.2) is 18.2 Å². The molecule has 1 aromatic rings. The molecule has 4 atom stereocenters. The van der Waals surface area contributed by atoms with Gasteiger partial charge in [0.2, 0.25) is 0 Å². The summed E-state index contributed by atoms with van der Waals surface area (Å²) in [4.78, 5) is 23.1. The van der Waals surface area contributed by atoms with Gasteiger partial charge < -0.3 is 10.1 Å². The number of carbonyl (C=O) groups is 1. The zero-order chi connectivity index (χ0) is 17.9. The van der Waals surface area contributed by atoms with Crippen LogP contribution in [0.3, 0.4) is 0 Å². The van der Waals surface area contributed by atoms with Crippen LogP contribution in [0.25, 0.3) is 0 Å². The second kappa shape index (κ2) is 7.64. The SMILES string of the molecule is Cc1ccc(O[C@@H](C)C(=O)N[C@@H]2CCC[C@H](C)[C@@H]2C)c([N+](=O)[O-])c1. The van der Waals surface area contributed by atoms with Gasteiger partial charge in [0.1, 0.15) is 0 Å². The van der Waals surface area contributed by atoms with Gasteiger partial charge in [-0.2, -0.15) is 0 Å².